The first-order valence-electron chi connectivity index (χ1n) is 30.0. The van der Waals surface area contributed by atoms with Crippen LogP contribution in [0.2, 0.25) is 0 Å². The number of nitrogens with zero attached hydrogens (tertiary/aromatic N) is 8. The van der Waals surface area contributed by atoms with Crippen LogP contribution in [-0.4, -0.2) is 134 Å². The molecule has 2 fully saturated rings. The lowest BCUT2D eigenvalue weighted by Crippen LogP contribution is -2.50. The molecule has 6 aromatic rings. The standard InChI is InChI=1S/C68H64F6N12O7/c1-43-57(59(47-15-11-45(41-75)12-16-47)79-65(91)85(43)53-9-3-7-51(39-53)67(69,70)71)61(87)77-27-5-29-81-31-35-83(36-32-81)63(89)49-19-23-55(24-20-49)93-56-25-21-50(22-26-56)64(90)84-37-33-82(34-38-84)30-6-28-78-62(88)58-44(2)86(54-10-4-8-52(40-54)68(72,73)74)66(92)80-60(58)48-17-13-46(42-76)14-18-48/h3-4,7-26,39-40,59-60H,5-6,27-38H2,1-2H3,(H,77,87)(H,78,88)(H,79,91)(H,80,92)/t59-,60-/m1/s1. The van der Waals surface area contributed by atoms with Crippen LogP contribution in [0.3, 0.4) is 0 Å². The summed E-state index contributed by atoms with van der Waals surface area (Å²) in [5.74, 6) is -0.371. The average molecular weight is 1280 g/mol. The lowest BCUT2D eigenvalue weighted by atomic mass is 9.93. The third-order valence-electron chi connectivity index (χ3n) is 16.7. The summed E-state index contributed by atoms with van der Waals surface area (Å²) in [7, 11) is 0. The topological polar surface area (TPSA) is 227 Å². The highest BCUT2D eigenvalue weighted by Gasteiger charge is 2.40. The van der Waals surface area contributed by atoms with E-state index in [0.717, 1.165) is 34.1 Å². The van der Waals surface area contributed by atoms with E-state index < -0.39 is 59.4 Å². The number of halogens is 6. The molecule has 2 atom stereocenters. The van der Waals surface area contributed by atoms with Gasteiger partial charge < -0.3 is 35.8 Å². The van der Waals surface area contributed by atoms with E-state index in [1.165, 1.54) is 38.1 Å². The summed E-state index contributed by atoms with van der Waals surface area (Å²) in [6.07, 6.45) is -8.27. The number of allylic oxidation sites excluding steroid dienone is 2. The van der Waals surface area contributed by atoms with Gasteiger partial charge in [-0.25, -0.2) is 9.59 Å². The fraction of sp³-hybridized carbons (Fsp3) is 0.294. The van der Waals surface area contributed by atoms with Gasteiger partial charge in [-0.3, -0.25) is 38.8 Å². The maximum Gasteiger partial charge on any atom is 0.416 e. The van der Waals surface area contributed by atoms with Crippen molar-refractivity contribution in [3.63, 3.8) is 0 Å². The molecule has 480 valence electrons. The molecule has 25 heteroatoms. The summed E-state index contributed by atoms with van der Waals surface area (Å²) < 4.78 is 88.2. The van der Waals surface area contributed by atoms with Crippen LogP contribution >= 0.6 is 0 Å². The van der Waals surface area contributed by atoms with Crippen LogP contribution in [-0.2, 0) is 21.9 Å². The number of hydrogen-bond acceptors (Lipinski definition) is 11. The largest absolute Gasteiger partial charge is 0.457 e. The first-order valence-corrected chi connectivity index (χ1v) is 30.0. The van der Waals surface area contributed by atoms with Gasteiger partial charge in [-0.15, -0.1) is 0 Å². The van der Waals surface area contributed by atoms with Crippen LogP contribution in [0.4, 0.5) is 47.3 Å². The normalized spacial score (nSPS) is 17.5. The van der Waals surface area contributed by atoms with E-state index in [4.69, 9.17) is 4.74 Å². The lowest BCUT2D eigenvalue weighted by Gasteiger charge is -2.36. The molecule has 93 heavy (non-hydrogen) atoms. The number of carbonyl (C=O) groups excluding carboxylic acids is 6. The van der Waals surface area contributed by atoms with E-state index in [1.807, 2.05) is 12.1 Å². The zero-order chi connectivity index (χ0) is 66.1. The van der Waals surface area contributed by atoms with Gasteiger partial charge in [0.1, 0.15) is 11.5 Å². The van der Waals surface area contributed by atoms with E-state index in [0.29, 0.717) is 123 Å². The molecule has 4 aliphatic rings. The molecular weight excluding hydrogens is 1210 g/mol. The maximum atomic E-state index is 14.0. The Hall–Kier alpha value is -10.5. The fourth-order valence-corrected chi connectivity index (χ4v) is 11.7. The van der Waals surface area contributed by atoms with Crippen LogP contribution in [0, 0.1) is 22.7 Å². The molecular formula is C68H64F6N12O7. The first kappa shape index (κ1) is 65.5. The SMILES string of the molecule is CC1=C(C(=O)NCCCN2CCN(C(=O)c3ccc(Oc4ccc(C(=O)N5CCN(CCCNC(=O)C6=C(C)N(c7cccc(C(F)(F)F)c7)C(=O)N[C@@H]6c6ccc(C#N)cc6)CC5)cc4)cc3)CC2)[C@@H](c2ccc(C#N)cc2)NC(=O)N1c1cccc(C(F)(F)F)c1. The number of nitriles is 2. The molecule has 0 aromatic heterocycles. The van der Waals surface area contributed by atoms with Gasteiger partial charge in [-0.05, 0) is 160 Å². The third kappa shape index (κ3) is 15.3. The predicted molar refractivity (Wildman–Crippen MR) is 331 cm³/mol. The summed E-state index contributed by atoms with van der Waals surface area (Å²) >= 11 is 0. The van der Waals surface area contributed by atoms with Crippen molar-refractivity contribution in [2.24, 2.45) is 0 Å². The Labute approximate surface area is 532 Å². The number of benzene rings is 6. The van der Waals surface area contributed by atoms with Gasteiger partial charge in [-0.2, -0.15) is 36.9 Å². The van der Waals surface area contributed by atoms with Crippen LogP contribution in [0.25, 0.3) is 0 Å². The molecule has 4 heterocycles. The Morgan fingerprint density at radius 3 is 1.20 bits per heavy atom. The number of rotatable bonds is 18. The van der Waals surface area contributed by atoms with Crippen molar-refractivity contribution in [3.8, 4) is 23.6 Å². The number of piperazine rings is 2. The van der Waals surface area contributed by atoms with Gasteiger partial charge in [0.25, 0.3) is 23.6 Å². The highest BCUT2D eigenvalue weighted by molar-refractivity contribution is 6.06. The number of hydrogen-bond donors (Lipinski definition) is 4. The second kappa shape index (κ2) is 28.3. The second-order valence-corrected chi connectivity index (χ2v) is 22.6. The zero-order valence-electron chi connectivity index (χ0n) is 50.6. The Morgan fingerprint density at radius 2 is 0.871 bits per heavy atom. The van der Waals surface area contributed by atoms with Crippen LogP contribution in [0.5, 0.6) is 11.5 Å². The van der Waals surface area contributed by atoms with Gasteiger partial charge >= 0.3 is 24.4 Å². The maximum absolute atomic E-state index is 14.0. The molecule has 0 saturated carbocycles. The van der Waals surface area contributed by atoms with E-state index in [-0.39, 0.29) is 58.8 Å². The van der Waals surface area contributed by atoms with Crippen LogP contribution in [0.15, 0.2) is 168 Å². The van der Waals surface area contributed by atoms with E-state index in [9.17, 15) is 65.6 Å². The molecule has 4 aliphatic heterocycles. The number of amides is 8. The van der Waals surface area contributed by atoms with Gasteiger partial charge in [-0.1, -0.05) is 36.4 Å². The van der Waals surface area contributed by atoms with Gasteiger partial charge in [0.2, 0.25) is 0 Å². The van der Waals surface area contributed by atoms with Crippen molar-refractivity contribution in [2.75, 3.05) is 88.3 Å². The molecule has 0 bridgehead atoms. The molecule has 19 nitrogen and oxygen atoms in total. The van der Waals surface area contributed by atoms with Crippen molar-refractivity contribution >= 4 is 47.1 Å². The Kier molecular flexibility index (Phi) is 19.9. The van der Waals surface area contributed by atoms with Crippen molar-refractivity contribution in [1.82, 2.24) is 40.9 Å². The molecule has 0 unspecified atom stereocenters. The van der Waals surface area contributed by atoms with E-state index in [2.05, 4.69) is 31.1 Å². The molecule has 0 aliphatic carbocycles. The highest BCUT2D eigenvalue weighted by atomic mass is 19.4. The fourth-order valence-electron chi connectivity index (χ4n) is 11.7. The van der Waals surface area contributed by atoms with E-state index >= 15 is 0 Å². The summed E-state index contributed by atoms with van der Waals surface area (Å²) in [4.78, 5) is 92.2. The second-order valence-electron chi connectivity index (χ2n) is 22.6. The molecule has 2 saturated heterocycles. The highest BCUT2D eigenvalue weighted by Crippen LogP contribution is 2.39. The Balaban J connectivity index is 0.652. The third-order valence-corrected chi connectivity index (χ3v) is 16.7. The minimum absolute atomic E-state index is 0.0703. The number of alkyl halides is 6. The summed E-state index contributed by atoms with van der Waals surface area (Å²) in [6, 6.07) is 35.4. The number of nitrogens with one attached hydrogen (secondary N) is 4. The van der Waals surface area contributed by atoms with Gasteiger partial charge in [0.15, 0.2) is 0 Å². The van der Waals surface area contributed by atoms with Crippen LogP contribution < -0.4 is 35.8 Å². The van der Waals surface area contributed by atoms with Crippen molar-refractivity contribution in [3.05, 3.63) is 213 Å². The van der Waals surface area contributed by atoms with Crippen LogP contribution in [0.1, 0.15) is 92.9 Å². The number of anilines is 2. The molecule has 0 spiro atoms. The number of urea groups is 2. The Morgan fingerprint density at radius 1 is 0.516 bits per heavy atom. The average Bonchev–Trinajstić information content (AvgIpc) is 0.774. The summed E-state index contributed by atoms with van der Waals surface area (Å²) in [6.45, 7) is 8.86. The quantitative estimate of drug-likeness (QED) is 0.0468. The number of carbonyl (C=O) groups is 6. The zero-order valence-corrected chi connectivity index (χ0v) is 50.6. The van der Waals surface area contributed by atoms with Crippen molar-refractivity contribution in [1.29, 1.82) is 10.5 Å². The smallest absolute Gasteiger partial charge is 0.416 e. The lowest BCUT2D eigenvalue weighted by molar-refractivity contribution is -0.138. The van der Waals surface area contributed by atoms with E-state index in [1.54, 1.807) is 107 Å². The van der Waals surface area contributed by atoms with Gasteiger partial charge in [0.05, 0.1) is 69.0 Å². The molecule has 8 amide bonds. The summed E-state index contributed by atoms with van der Waals surface area (Å²) in [5, 5.41) is 30.1. The van der Waals surface area contributed by atoms with Crippen molar-refractivity contribution < 1.29 is 59.8 Å². The molecule has 0 radical (unpaired) electrons. The molecule has 10 rings (SSSR count). The monoisotopic (exact) mass is 1270 g/mol. The van der Waals surface area contributed by atoms with Gasteiger partial charge in [0, 0.05) is 88.0 Å². The molecule has 6 aromatic carbocycles. The summed E-state index contributed by atoms with van der Waals surface area (Å²) in [5.41, 5.74) is 1.16. The minimum atomic E-state index is -4.67. The molecule has 4 N–H and O–H groups in total. The number of ether oxygens (including phenoxy) is 1. The first-order chi connectivity index (χ1) is 44.6. The van der Waals surface area contributed by atoms with Crippen molar-refractivity contribution in [2.45, 2.75) is 51.1 Å². The predicted octanol–water partition coefficient (Wildman–Crippen LogP) is 10.3. The minimum Gasteiger partial charge on any atom is -0.457 e. The Bertz CT molecular complexity index is 3690.